The Hall–Kier alpha value is -2.38. The van der Waals surface area contributed by atoms with Crippen molar-refractivity contribution in [3.8, 4) is 11.1 Å². The van der Waals surface area contributed by atoms with Crippen molar-refractivity contribution in [2.45, 2.75) is 38.1 Å². The first kappa shape index (κ1) is 22.9. The fourth-order valence-electron chi connectivity index (χ4n) is 2.93. The second-order valence-electron chi connectivity index (χ2n) is 6.54. The lowest BCUT2D eigenvalue weighted by atomic mass is 10.0. The van der Waals surface area contributed by atoms with Gasteiger partial charge in [-0.05, 0) is 31.0 Å². The van der Waals surface area contributed by atoms with Gasteiger partial charge in [-0.3, -0.25) is 9.59 Å². The normalized spacial score (nSPS) is 11.2. The van der Waals surface area contributed by atoms with E-state index in [0.717, 1.165) is 18.9 Å². The maximum absolute atomic E-state index is 12.5. The highest BCUT2D eigenvalue weighted by molar-refractivity contribution is 7.90. The largest absolute Gasteiger partial charge is 0.338 e. The fraction of sp³-hybridized carbons (Fsp3) is 0.286. The molecule has 2 amide bonds. The minimum atomic E-state index is -4.03. The van der Waals surface area contributed by atoms with Crippen molar-refractivity contribution in [1.82, 2.24) is 9.62 Å². The number of sulfonamides is 1. The predicted octanol–water partition coefficient (Wildman–Crippen LogP) is 3.79. The van der Waals surface area contributed by atoms with Gasteiger partial charge in [0.15, 0.2) is 0 Å². The third-order valence-corrected chi connectivity index (χ3v) is 6.04. The van der Waals surface area contributed by atoms with Gasteiger partial charge in [0.05, 0.1) is 4.90 Å². The van der Waals surface area contributed by atoms with E-state index in [1.54, 1.807) is 41.3 Å². The fourth-order valence-corrected chi connectivity index (χ4v) is 4.45. The second kappa shape index (κ2) is 9.89. The number of carbonyl (C=O) groups excluding carboxylic acids is 2. The van der Waals surface area contributed by atoms with E-state index in [1.165, 1.54) is 6.07 Å². The lowest BCUT2D eigenvalue weighted by Crippen LogP contribution is -2.30. The molecule has 155 valence electrons. The Morgan fingerprint density at radius 3 is 2.41 bits per heavy atom. The van der Waals surface area contributed by atoms with Crippen LogP contribution in [0.25, 0.3) is 11.1 Å². The maximum atomic E-state index is 12.5. The van der Waals surface area contributed by atoms with Crippen LogP contribution in [-0.4, -0.2) is 31.7 Å². The molecule has 2 aromatic carbocycles. The molecule has 0 spiro atoms. The molecule has 29 heavy (non-hydrogen) atoms. The number of nitrogens with one attached hydrogen (secondary N) is 1. The summed E-state index contributed by atoms with van der Waals surface area (Å²) in [5, 5.41) is 0.347. The van der Waals surface area contributed by atoms with Crippen molar-refractivity contribution in [3.63, 3.8) is 0 Å². The van der Waals surface area contributed by atoms with Crippen molar-refractivity contribution < 1.29 is 18.0 Å². The zero-order valence-electron chi connectivity index (χ0n) is 16.4. The molecule has 0 atom stereocenters. The topological polar surface area (TPSA) is 83.6 Å². The number of halogens is 1. The van der Waals surface area contributed by atoms with Gasteiger partial charge in [-0.15, -0.1) is 0 Å². The second-order valence-corrected chi connectivity index (χ2v) is 8.60. The Morgan fingerprint density at radius 2 is 1.83 bits per heavy atom. The molecule has 0 heterocycles. The third kappa shape index (κ3) is 5.81. The van der Waals surface area contributed by atoms with Gasteiger partial charge in [0.1, 0.15) is 0 Å². The van der Waals surface area contributed by atoms with Crippen LogP contribution in [0, 0.1) is 6.92 Å². The van der Waals surface area contributed by atoms with Crippen molar-refractivity contribution in [1.29, 1.82) is 0 Å². The minimum absolute atomic E-state index is 0.0226. The zero-order valence-corrected chi connectivity index (χ0v) is 18.0. The first-order chi connectivity index (χ1) is 13.7. The Labute approximate surface area is 176 Å². The SMILES string of the molecule is [CH2]CN(Cc1ccc(-c2ccccc2S(=O)(=O)NC(C)=O)c(Cl)c1)C(=O)CCC. The van der Waals surface area contributed by atoms with Crippen LogP contribution in [0.1, 0.15) is 32.3 Å². The van der Waals surface area contributed by atoms with E-state index in [0.29, 0.717) is 35.7 Å². The van der Waals surface area contributed by atoms with Crippen LogP contribution in [0.3, 0.4) is 0 Å². The molecular formula is C21H24ClN2O4S. The average molecular weight is 436 g/mol. The molecule has 2 aromatic rings. The molecule has 8 heteroatoms. The number of hydrogen-bond donors (Lipinski definition) is 1. The van der Waals surface area contributed by atoms with Crippen molar-refractivity contribution in [2.24, 2.45) is 0 Å². The summed E-state index contributed by atoms with van der Waals surface area (Å²) in [6, 6.07) is 11.5. The first-order valence-corrected chi connectivity index (χ1v) is 11.0. The third-order valence-electron chi connectivity index (χ3n) is 4.24. The zero-order chi connectivity index (χ0) is 21.6. The minimum Gasteiger partial charge on any atom is -0.338 e. The number of nitrogens with zero attached hydrogens (tertiary/aromatic N) is 1. The van der Waals surface area contributed by atoms with Gasteiger partial charge in [0.2, 0.25) is 11.8 Å². The molecule has 6 nitrogen and oxygen atoms in total. The molecular weight excluding hydrogens is 412 g/mol. The summed E-state index contributed by atoms with van der Waals surface area (Å²) in [5.41, 5.74) is 1.71. The Kier molecular flexibility index (Phi) is 7.81. The highest BCUT2D eigenvalue weighted by atomic mass is 35.5. The molecule has 0 unspecified atom stereocenters. The quantitative estimate of drug-likeness (QED) is 0.683. The van der Waals surface area contributed by atoms with Crippen LogP contribution in [0.15, 0.2) is 47.4 Å². The lowest BCUT2D eigenvalue weighted by Gasteiger charge is -2.21. The molecule has 0 bridgehead atoms. The number of carbonyl (C=O) groups is 2. The summed E-state index contributed by atoms with van der Waals surface area (Å²) < 4.78 is 27.0. The van der Waals surface area contributed by atoms with Gasteiger partial charge in [-0.1, -0.05) is 48.9 Å². The van der Waals surface area contributed by atoms with E-state index in [2.05, 4.69) is 6.92 Å². The van der Waals surface area contributed by atoms with Crippen LogP contribution in [0.2, 0.25) is 5.02 Å². The van der Waals surface area contributed by atoms with E-state index in [-0.39, 0.29) is 10.8 Å². The van der Waals surface area contributed by atoms with Crippen molar-refractivity contribution >= 4 is 33.4 Å². The van der Waals surface area contributed by atoms with Gasteiger partial charge in [-0.2, -0.15) is 0 Å². The van der Waals surface area contributed by atoms with Crippen molar-refractivity contribution in [3.05, 3.63) is 60.0 Å². The van der Waals surface area contributed by atoms with Crippen LogP contribution < -0.4 is 4.72 Å². The summed E-state index contributed by atoms with van der Waals surface area (Å²) in [7, 11) is -4.03. The Morgan fingerprint density at radius 1 is 1.14 bits per heavy atom. The van der Waals surface area contributed by atoms with Crippen LogP contribution in [0.4, 0.5) is 0 Å². The van der Waals surface area contributed by atoms with Gasteiger partial charge in [0, 0.05) is 42.6 Å². The summed E-state index contributed by atoms with van der Waals surface area (Å²) in [5.74, 6) is -0.652. The molecule has 1 N–H and O–H groups in total. The van der Waals surface area contributed by atoms with E-state index >= 15 is 0 Å². The smallest absolute Gasteiger partial charge is 0.264 e. The Bertz CT molecular complexity index is 1010. The van der Waals surface area contributed by atoms with Gasteiger partial charge < -0.3 is 4.90 Å². The van der Waals surface area contributed by atoms with E-state index in [9.17, 15) is 18.0 Å². The van der Waals surface area contributed by atoms with E-state index in [1.807, 2.05) is 11.6 Å². The predicted molar refractivity (Wildman–Crippen MR) is 114 cm³/mol. The summed E-state index contributed by atoms with van der Waals surface area (Å²) in [6.45, 7) is 7.60. The molecule has 0 saturated heterocycles. The molecule has 0 aliphatic heterocycles. The van der Waals surface area contributed by atoms with E-state index < -0.39 is 15.9 Å². The average Bonchev–Trinajstić information content (AvgIpc) is 2.65. The monoisotopic (exact) mass is 435 g/mol. The molecule has 0 fully saturated rings. The molecule has 0 aliphatic rings. The highest BCUT2D eigenvalue weighted by Gasteiger charge is 2.21. The molecule has 2 rings (SSSR count). The molecule has 1 radical (unpaired) electrons. The molecule has 0 saturated carbocycles. The maximum Gasteiger partial charge on any atom is 0.264 e. The number of hydrogen-bond acceptors (Lipinski definition) is 4. The molecule has 0 aromatic heterocycles. The number of rotatable bonds is 8. The number of benzene rings is 2. The Balaban J connectivity index is 2.39. The van der Waals surface area contributed by atoms with Crippen LogP contribution in [-0.2, 0) is 26.2 Å². The summed E-state index contributed by atoms with van der Waals surface area (Å²) in [6.07, 6.45) is 1.21. The van der Waals surface area contributed by atoms with Crippen LogP contribution >= 0.6 is 11.6 Å². The first-order valence-electron chi connectivity index (χ1n) is 9.17. The molecule has 0 aliphatic carbocycles. The van der Waals surface area contributed by atoms with Crippen LogP contribution in [0.5, 0.6) is 0 Å². The summed E-state index contributed by atoms with van der Waals surface area (Å²) >= 11 is 6.46. The van der Waals surface area contributed by atoms with E-state index in [4.69, 9.17) is 11.6 Å². The highest BCUT2D eigenvalue weighted by Crippen LogP contribution is 2.33. The van der Waals surface area contributed by atoms with Gasteiger partial charge in [-0.25, -0.2) is 13.1 Å². The summed E-state index contributed by atoms with van der Waals surface area (Å²) in [4.78, 5) is 25.0. The van der Waals surface area contributed by atoms with Gasteiger partial charge in [0.25, 0.3) is 10.0 Å². The van der Waals surface area contributed by atoms with Gasteiger partial charge >= 0.3 is 0 Å². The van der Waals surface area contributed by atoms with Crippen molar-refractivity contribution in [2.75, 3.05) is 6.54 Å². The lowest BCUT2D eigenvalue weighted by molar-refractivity contribution is -0.131. The standard InChI is InChI=1S/C21H24ClN2O4S/c1-4-8-21(26)24(5-2)14-16-11-12-17(19(22)13-16)18-9-6-7-10-20(18)29(27,28)23-15(3)25/h6-7,9-13H,2,4-5,8,14H2,1,3H3,(H,23,25). The number of amides is 2.